The van der Waals surface area contributed by atoms with Crippen molar-refractivity contribution in [1.29, 1.82) is 0 Å². The van der Waals surface area contributed by atoms with Crippen LogP contribution in [0, 0.1) is 0 Å². The van der Waals surface area contributed by atoms with Crippen molar-refractivity contribution in [2.75, 3.05) is 6.54 Å². The number of hydrogen-bond acceptors (Lipinski definition) is 5. The van der Waals surface area contributed by atoms with Crippen LogP contribution in [-0.4, -0.2) is 40.9 Å². The van der Waals surface area contributed by atoms with Crippen LogP contribution in [0.5, 0.6) is 0 Å². The molecule has 3 N–H and O–H groups in total. The molecule has 0 aliphatic carbocycles. The Labute approximate surface area is 153 Å². The maximum Gasteiger partial charge on any atom is 0.408 e. The summed E-state index contributed by atoms with van der Waals surface area (Å²) in [5, 5.41) is 2.63. The molecule has 140 valence electrons. The highest BCUT2D eigenvalue weighted by Crippen LogP contribution is 2.23. The lowest BCUT2D eigenvalue weighted by Crippen LogP contribution is -2.55. The van der Waals surface area contributed by atoms with Gasteiger partial charge < -0.3 is 15.8 Å². The van der Waals surface area contributed by atoms with Crippen molar-refractivity contribution in [3.8, 4) is 0 Å². The second-order valence-electron chi connectivity index (χ2n) is 6.95. The molecule has 1 aliphatic heterocycles. The first-order valence-corrected chi connectivity index (χ1v) is 8.61. The Bertz CT molecular complexity index is 720. The van der Waals surface area contributed by atoms with Crippen molar-refractivity contribution in [3.05, 3.63) is 42.1 Å². The highest BCUT2D eigenvalue weighted by atomic mass is 16.6. The second kappa shape index (κ2) is 8.03. The number of amidine groups is 1. The number of para-hydroxylation sites is 1. The van der Waals surface area contributed by atoms with Crippen molar-refractivity contribution in [3.63, 3.8) is 0 Å². The van der Waals surface area contributed by atoms with Crippen LogP contribution in [0.2, 0.25) is 0 Å². The van der Waals surface area contributed by atoms with E-state index in [0.717, 1.165) is 5.69 Å². The number of carbonyl (C=O) groups excluding carboxylic acids is 2. The van der Waals surface area contributed by atoms with Gasteiger partial charge in [0, 0.05) is 24.7 Å². The van der Waals surface area contributed by atoms with Gasteiger partial charge in [-0.1, -0.05) is 18.2 Å². The molecule has 7 heteroatoms. The van der Waals surface area contributed by atoms with E-state index in [0.29, 0.717) is 18.0 Å². The first kappa shape index (κ1) is 19.5. The van der Waals surface area contributed by atoms with Gasteiger partial charge in [0.25, 0.3) is 5.91 Å². The molecule has 1 atom stereocenters. The number of carbonyl (C=O) groups is 2. The van der Waals surface area contributed by atoms with Crippen molar-refractivity contribution in [1.82, 2.24) is 10.2 Å². The quantitative estimate of drug-likeness (QED) is 0.868. The predicted octanol–water partition coefficient (Wildman–Crippen LogP) is 2.70. The number of nitrogens with two attached hydrogens (primary N) is 1. The van der Waals surface area contributed by atoms with E-state index >= 15 is 0 Å². The standard InChI is InChI=1S/C19H26N4O3/c1-5-23-16(21-14-9-7-6-8-10-14)13(12-20)11-15(17(23)24)22-18(25)26-19(2,3)4/h6-10,12,15H,5,11,20H2,1-4H3,(H,22,25)/b13-12-,21-16?. The Balaban J connectivity index is 2.26. The first-order chi connectivity index (χ1) is 12.2. The summed E-state index contributed by atoms with van der Waals surface area (Å²) in [6.07, 6.45) is 1.06. The van der Waals surface area contributed by atoms with Gasteiger partial charge in [0.15, 0.2) is 0 Å². The summed E-state index contributed by atoms with van der Waals surface area (Å²) in [6, 6.07) is 8.61. The number of alkyl carbamates (subject to hydrolysis) is 1. The molecule has 0 bridgehead atoms. The number of nitrogens with one attached hydrogen (secondary N) is 1. The molecule has 2 amide bonds. The fourth-order valence-corrected chi connectivity index (χ4v) is 2.63. The monoisotopic (exact) mass is 358 g/mol. The molecular weight excluding hydrogens is 332 g/mol. The van der Waals surface area contributed by atoms with Gasteiger partial charge in [-0.25, -0.2) is 9.79 Å². The normalized spacial score (nSPS) is 21.2. The number of likely N-dealkylation sites (N-methyl/N-ethyl adjacent to an activating group) is 1. The maximum absolute atomic E-state index is 12.8. The zero-order chi connectivity index (χ0) is 19.3. The summed E-state index contributed by atoms with van der Waals surface area (Å²) in [5.74, 6) is 0.270. The van der Waals surface area contributed by atoms with Gasteiger partial charge >= 0.3 is 6.09 Å². The SMILES string of the molecule is CCN1C(=O)C(NC(=O)OC(C)(C)C)C/C(=C/N)C1=Nc1ccccc1. The topological polar surface area (TPSA) is 97.0 Å². The van der Waals surface area contributed by atoms with E-state index in [1.165, 1.54) is 11.1 Å². The van der Waals surface area contributed by atoms with E-state index in [1.54, 1.807) is 20.8 Å². The van der Waals surface area contributed by atoms with Gasteiger partial charge in [0.05, 0.1) is 5.69 Å². The van der Waals surface area contributed by atoms with Crippen molar-refractivity contribution in [2.45, 2.75) is 45.8 Å². The Kier molecular flexibility index (Phi) is 6.02. The van der Waals surface area contributed by atoms with E-state index in [2.05, 4.69) is 10.3 Å². The minimum Gasteiger partial charge on any atom is -0.444 e. The lowest BCUT2D eigenvalue weighted by atomic mass is 9.98. The molecule has 1 aromatic rings. The highest BCUT2D eigenvalue weighted by molar-refractivity contribution is 6.13. The van der Waals surface area contributed by atoms with Crippen LogP contribution in [0.25, 0.3) is 0 Å². The molecule has 1 aromatic carbocycles. The average molecular weight is 358 g/mol. The van der Waals surface area contributed by atoms with E-state index in [1.807, 2.05) is 37.3 Å². The zero-order valence-electron chi connectivity index (χ0n) is 15.7. The summed E-state index contributed by atoms with van der Waals surface area (Å²) in [4.78, 5) is 31.0. The molecule has 1 aliphatic rings. The van der Waals surface area contributed by atoms with Gasteiger partial charge in [-0.05, 0) is 39.8 Å². The van der Waals surface area contributed by atoms with E-state index in [-0.39, 0.29) is 12.3 Å². The van der Waals surface area contributed by atoms with E-state index in [9.17, 15) is 9.59 Å². The summed E-state index contributed by atoms with van der Waals surface area (Å²) in [6.45, 7) is 7.56. The average Bonchev–Trinajstić information content (AvgIpc) is 2.57. The Morgan fingerprint density at radius 2 is 2.04 bits per heavy atom. The third kappa shape index (κ3) is 4.84. The maximum atomic E-state index is 12.8. The first-order valence-electron chi connectivity index (χ1n) is 8.61. The van der Waals surface area contributed by atoms with Crippen LogP contribution in [0.15, 0.2) is 47.1 Å². The molecule has 0 spiro atoms. The highest BCUT2D eigenvalue weighted by Gasteiger charge is 2.37. The minimum atomic E-state index is -0.741. The zero-order valence-corrected chi connectivity index (χ0v) is 15.7. The number of benzene rings is 1. The molecule has 2 rings (SSSR count). The Hall–Kier alpha value is -2.83. The summed E-state index contributed by atoms with van der Waals surface area (Å²) < 4.78 is 5.25. The lowest BCUT2D eigenvalue weighted by Gasteiger charge is -2.34. The van der Waals surface area contributed by atoms with Gasteiger partial charge in [-0.3, -0.25) is 9.69 Å². The van der Waals surface area contributed by atoms with Gasteiger partial charge in [-0.2, -0.15) is 0 Å². The van der Waals surface area contributed by atoms with Crippen LogP contribution < -0.4 is 11.1 Å². The summed E-state index contributed by atoms with van der Waals surface area (Å²) >= 11 is 0. The number of nitrogens with zero attached hydrogens (tertiary/aromatic N) is 2. The van der Waals surface area contributed by atoms with Crippen molar-refractivity contribution >= 4 is 23.5 Å². The molecule has 7 nitrogen and oxygen atoms in total. The number of rotatable bonds is 3. The van der Waals surface area contributed by atoms with Crippen LogP contribution in [-0.2, 0) is 9.53 Å². The van der Waals surface area contributed by atoms with Crippen LogP contribution >= 0.6 is 0 Å². The molecule has 26 heavy (non-hydrogen) atoms. The van der Waals surface area contributed by atoms with Crippen LogP contribution in [0.4, 0.5) is 10.5 Å². The van der Waals surface area contributed by atoms with E-state index < -0.39 is 17.7 Å². The molecule has 1 fully saturated rings. The molecule has 0 radical (unpaired) electrons. The third-order valence-electron chi connectivity index (χ3n) is 3.73. The molecule has 1 heterocycles. The number of amides is 2. The molecule has 0 saturated carbocycles. The Morgan fingerprint density at radius 3 is 2.58 bits per heavy atom. The number of likely N-dealkylation sites (tertiary alicyclic amines) is 1. The number of aliphatic imine (C=N–C) groups is 1. The third-order valence-corrected chi connectivity index (χ3v) is 3.73. The molecule has 1 saturated heterocycles. The van der Waals surface area contributed by atoms with Gasteiger partial charge in [0.2, 0.25) is 0 Å². The van der Waals surface area contributed by atoms with Crippen LogP contribution in [0.3, 0.4) is 0 Å². The number of ether oxygens (including phenoxy) is 1. The fourth-order valence-electron chi connectivity index (χ4n) is 2.63. The summed E-state index contributed by atoms with van der Waals surface area (Å²) in [7, 11) is 0. The largest absolute Gasteiger partial charge is 0.444 e. The smallest absolute Gasteiger partial charge is 0.408 e. The predicted molar refractivity (Wildman–Crippen MR) is 101 cm³/mol. The Morgan fingerprint density at radius 1 is 1.38 bits per heavy atom. The second-order valence-corrected chi connectivity index (χ2v) is 6.95. The molecular formula is C19H26N4O3. The van der Waals surface area contributed by atoms with Crippen molar-refractivity contribution in [2.24, 2.45) is 10.7 Å². The molecule has 0 aromatic heterocycles. The number of piperidine rings is 1. The van der Waals surface area contributed by atoms with Gasteiger partial charge in [-0.15, -0.1) is 0 Å². The number of hydrogen-bond donors (Lipinski definition) is 2. The minimum absolute atomic E-state index is 0.237. The van der Waals surface area contributed by atoms with Crippen LogP contribution in [0.1, 0.15) is 34.1 Å². The van der Waals surface area contributed by atoms with Gasteiger partial charge in [0.1, 0.15) is 17.5 Å². The van der Waals surface area contributed by atoms with Crippen molar-refractivity contribution < 1.29 is 14.3 Å². The van der Waals surface area contributed by atoms with E-state index in [4.69, 9.17) is 10.5 Å². The summed E-state index contributed by atoms with van der Waals surface area (Å²) in [5.41, 5.74) is 6.56. The molecule has 1 unspecified atom stereocenters. The fraction of sp³-hybridized carbons (Fsp3) is 0.421. The lowest BCUT2D eigenvalue weighted by molar-refractivity contribution is -0.130.